The Balaban J connectivity index is 2.78. The van der Waals surface area contributed by atoms with E-state index in [1.165, 1.54) is 12.8 Å². The van der Waals surface area contributed by atoms with E-state index < -0.39 is 16.4 Å². The number of rotatable bonds is 5. The summed E-state index contributed by atoms with van der Waals surface area (Å²) in [5.41, 5.74) is 2.48. The molecule has 1 fully saturated rings. The second-order valence-corrected chi connectivity index (χ2v) is 17.1. The zero-order valence-electron chi connectivity index (χ0n) is 13.0. The van der Waals surface area contributed by atoms with Crippen molar-refractivity contribution >= 4 is 16.4 Å². The fraction of sp³-hybridized carbons (Fsp3) is 0.733. The normalized spacial score (nSPS) is 30.0. The summed E-state index contributed by atoms with van der Waals surface area (Å²) in [6.07, 6.45) is 7.42. The van der Waals surface area contributed by atoms with Gasteiger partial charge in [-0.2, -0.15) is 0 Å². The average Bonchev–Trinajstić information content (AvgIpc) is 2.54. The second-order valence-electron chi connectivity index (χ2n) is 7.56. The first-order chi connectivity index (χ1) is 8.12. The zero-order chi connectivity index (χ0) is 14.0. The van der Waals surface area contributed by atoms with Gasteiger partial charge in [0.25, 0.3) is 0 Å². The van der Waals surface area contributed by atoms with Crippen molar-refractivity contribution in [2.45, 2.75) is 58.2 Å². The van der Waals surface area contributed by atoms with Gasteiger partial charge in [0.2, 0.25) is 0 Å². The van der Waals surface area contributed by atoms with E-state index in [0.717, 1.165) is 0 Å². The fourth-order valence-corrected chi connectivity index (χ4v) is 4.47. The summed E-state index contributed by atoms with van der Waals surface area (Å²) in [7, 11) is -2.56. The molecule has 3 atom stereocenters. The molecule has 0 N–H and O–H groups in total. The van der Waals surface area contributed by atoms with E-state index in [1.807, 2.05) is 0 Å². The van der Waals surface area contributed by atoms with Crippen LogP contribution < -0.4 is 0 Å². The molecule has 1 saturated carbocycles. The van der Waals surface area contributed by atoms with E-state index in [1.54, 1.807) is 0 Å². The molecule has 3 heteroatoms. The van der Waals surface area contributed by atoms with E-state index in [2.05, 4.69) is 63.7 Å². The van der Waals surface area contributed by atoms with Crippen LogP contribution in [0.5, 0.6) is 0 Å². The van der Waals surface area contributed by atoms with Gasteiger partial charge in [0, 0.05) is 11.8 Å². The van der Waals surface area contributed by atoms with Crippen molar-refractivity contribution in [2.24, 2.45) is 11.8 Å². The Morgan fingerprint density at radius 1 is 1.00 bits per heavy atom. The highest BCUT2D eigenvalue weighted by atomic mass is 28.4. The largest absolute Gasteiger partial charge is 0.414 e. The van der Waals surface area contributed by atoms with Crippen LogP contribution >= 0.6 is 0 Å². The lowest BCUT2D eigenvalue weighted by molar-refractivity contribution is 0.145. The van der Waals surface area contributed by atoms with Gasteiger partial charge in [-0.3, -0.25) is 0 Å². The standard InChI is InChI=1S/C15H30OSi2/c1-8-13-9-10-14(11-12-17(2,3)4)15(13)16-18(5,6)7/h8,11-15H,1,9-10H2,2-7H3/b12-11+/t13-,14-,15-/m0/s1. The number of hydrogen-bond acceptors (Lipinski definition) is 1. The molecule has 1 aliphatic rings. The molecule has 1 nitrogen and oxygen atoms in total. The summed E-state index contributed by atoms with van der Waals surface area (Å²) in [6, 6.07) is 0. The fourth-order valence-electron chi connectivity index (χ4n) is 2.48. The lowest BCUT2D eigenvalue weighted by atomic mass is 10.0. The first-order valence-corrected chi connectivity index (χ1v) is 14.1. The molecule has 0 saturated heterocycles. The molecule has 0 aromatic rings. The summed E-state index contributed by atoms with van der Waals surface area (Å²) < 4.78 is 6.41. The molecule has 0 aliphatic heterocycles. The van der Waals surface area contributed by atoms with Gasteiger partial charge in [-0.05, 0) is 32.5 Å². The van der Waals surface area contributed by atoms with E-state index in [0.29, 0.717) is 17.9 Å². The summed E-state index contributed by atoms with van der Waals surface area (Å²) in [6.45, 7) is 18.0. The Kier molecular flexibility index (Phi) is 5.21. The molecular weight excluding hydrogens is 252 g/mol. The van der Waals surface area contributed by atoms with E-state index in [4.69, 9.17) is 4.43 Å². The van der Waals surface area contributed by atoms with Crippen molar-refractivity contribution in [3.8, 4) is 0 Å². The molecule has 0 aromatic heterocycles. The van der Waals surface area contributed by atoms with Gasteiger partial charge in [-0.25, -0.2) is 0 Å². The third kappa shape index (κ3) is 5.25. The maximum Gasteiger partial charge on any atom is 0.184 e. The van der Waals surface area contributed by atoms with Crippen LogP contribution in [-0.4, -0.2) is 22.5 Å². The SMILES string of the molecule is C=C[C@H]1CC[C@@H](/C=C/[Si](C)(C)C)[C@H]1O[Si](C)(C)C. The van der Waals surface area contributed by atoms with Gasteiger partial charge < -0.3 is 4.43 Å². The van der Waals surface area contributed by atoms with Crippen LogP contribution in [0.2, 0.25) is 39.3 Å². The number of hydrogen-bond donors (Lipinski definition) is 0. The van der Waals surface area contributed by atoms with Crippen molar-refractivity contribution in [1.29, 1.82) is 0 Å². The highest BCUT2D eigenvalue weighted by molar-refractivity contribution is 6.80. The van der Waals surface area contributed by atoms with Crippen LogP contribution in [0.3, 0.4) is 0 Å². The molecule has 1 aliphatic carbocycles. The lowest BCUT2D eigenvalue weighted by Gasteiger charge is -2.30. The van der Waals surface area contributed by atoms with E-state index in [-0.39, 0.29) is 0 Å². The Morgan fingerprint density at radius 3 is 2.00 bits per heavy atom. The molecule has 18 heavy (non-hydrogen) atoms. The molecule has 1 rings (SSSR count). The molecule has 0 heterocycles. The van der Waals surface area contributed by atoms with Crippen LogP contribution in [-0.2, 0) is 4.43 Å². The van der Waals surface area contributed by atoms with Gasteiger partial charge in [0.15, 0.2) is 8.32 Å². The highest BCUT2D eigenvalue weighted by Gasteiger charge is 2.36. The molecule has 0 unspecified atom stereocenters. The van der Waals surface area contributed by atoms with Crippen LogP contribution in [0.25, 0.3) is 0 Å². The molecule has 104 valence electrons. The molecule has 0 bridgehead atoms. The van der Waals surface area contributed by atoms with Crippen molar-refractivity contribution in [3.05, 3.63) is 24.4 Å². The predicted molar refractivity (Wildman–Crippen MR) is 87.1 cm³/mol. The Bertz CT molecular complexity index is 309. The maximum atomic E-state index is 6.41. The van der Waals surface area contributed by atoms with E-state index >= 15 is 0 Å². The van der Waals surface area contributed by atoms with Crippen LogP contribution in [0, 0.1) is 11.8 Å². The average molecular weight is 283 g/mol. The summed E-state index contributed by atoms with van der Waals surface area (Å²) in [5, 5.41) is 0. The minimum Gasteiger partial charge on any atom is -0.414 e. The van der Waals surface area contributed by atoms with E-state index in [9.17, 15) is 0 Å². The Labute approximate surface area is 115 Å². The van der Waals surface area contributed by atoms with Crippen molar-refractivity contribution in [2.75, 3.05) is 0 Å². The smallest absolute Gasteiger partial charge is 0.184 e. The van der Waals surface area contributed by atoms with Gasteiger partial charge in [0.1, 0.15) is 0 Å². The second kappa shape index (κ2) is 5.89. The van der Waals surface area contributed by atoms with Gasteiger partial charge in [-0.1, -0.05) is 37.5 Å². The lowest BCUT2D eigenvalue weighted by Crippen LogP contribution is -2.36. The molecular formula is C15H30OSi2. The van der Waals surface area contributed by atoms with Crippen LogP contribution in [0.1, 0.15) is 12.8 Å². The predicted octanol–water partition coefficient (Wildman–Crippen LogP) is 4.85. The quantitative estimate of drug-likeness (QED) is 0.517. The summed E-state index contributed by atoms with van der Waals surface area (Å²) >= 11 is 0. The topological polar surface area (TPSA) is 9.23 Å². The Morgan fingerprint density at radius 2 is 1.56 bits per heavy atom. The van der Waals surface area contributed by atoms with Gasteiger partial charge >= 0.3 is 0 Å². The molecule has 0 radical (unpaired) electrons. The summed E-state index contributed by atoms with van der Waals surface area (Å²) in [4.78, 5) is 0. The maximum absolute atomic E-state index is 6.41. The van der Waals surface area contributed by atoms with Gasteiger partial charge in [-0.15, -0.1) is 6.58 Å². The zero-order valence-corrected chi connectivity index (χ0v) is 15.0. The summed E-state index contributed by atoms with van der Waals surface area (Å²) in [5.74, 6) is 1.15. The molecule has 0 aromatic carbocycles. The van der Waals surface area contributed by atoms with Crippen molar-refractivity contribution in [1.82, 2.24) is 0 Å². The minimum absolute atomic E-state index is 0.377. The first kappa shape index (κ1) is 15.9. The van der Waals surface area contributed by atoms with Crippen LogP contribution in [0.15, 0.2) is 24.4 Å². The minimum atomic E-state index is -1.47. The van der Waals surface area contributed by atoms with Crippen molar-refractivity contribution in [3.63, 3.8) is 0 Å². The third-order valence-electron chi connectivity index (χ3n) is 3.31. The van der Waals surface area contributed by atoms with Gasteiger partial charge in [0.05, 0.1) is 14.2 Å². The monoisotopic (exact) mass is 282 g/mol. The third-order valence-corrected chi connectivity index (χ3v) is 5.48. The van der Waals surface area contributed by atoms with Crippen LogP contribution in [0.4, 0.5) is 0 Å². The highest BCUT2D eigenvalue weighted by Crippen LogP contribution is 2.37. The van der Waals surface area contributed by atoms with Crippen molar-refractivity contribution < 1.29 is 4.43 Å². The Hall–Kier alpha value is -0.126. The molecule has 0 spiro atoms. The first-order valence-electron chi connectivity index (χ1n) is 7.12. The molecule has 0 amide bonds.